The van der Waals surface area contributed by atoms with Gasteiger partial charge in [-0.2, -0.15) is 0 Å². The maximum Gasteiger partial charge on any atom is 0.137 e. The molecular weight excluding hydrogens is 256 g/mol. The molecule has 1 unspecified atom stereocenters. The van der Waals surface area contributed by atoms with Gasteiger partial charge in [-0.25, -0.2) is 4.39 Å². The number of halogens is 2. The van der Waals surface area contributed by atoms with Crippen molar-refractivity contribution in [3.63, 3.8) is 0 Å². The van der Waals surface area contributed by atoms with E-state index in [9.17, 15) is 4.39 Å². The average molecular weight is 267 g/mol. The fourth-order valence-corrected chi connectivity index (χ4v) is 0.798. The Morgan fingerprint density at radius 1 is 1.27 bits per heavy atom. The first-order chi connectivity index (χ1) is 4.84. The van der Waals surface area contributed by atoms with Crippen molar-refractivity contribution in [1.82, 2.24) is 0 Å². The van der Waals surface area contributed by atoms with E-state index in [4.69, 9.17) is 5.73 Å². The summed E-state index contributed by atoms with van der Waals surface area (Å²) in [7, 11) is 0. The fraction of sp³-hybridized carbons (Fsp3) is 0.250. The maximum atomic E-state index is 12.7. The van der Waals surface area contributed by atoms with Gasteiger partial charge in [-0.05, 0) is 5.56 Å². The van der Waals surface area contributed by atoms with Crippen LogP contribution in [0.5, 0.6) is 0 Å². The van der Waals surface area contributed by atoms with Crippen LogP contribution in [0.3, 0.4) is 0 Å². The van der Waals surface area contributed by atoms with Crippen molar-refractivity contribution in [3.05, 3.63) is 35.9 Å². The molecule has 0 aromatic heterocycles. The molecule has 11 heavy (non-hydrogen) atoms. The van der Waals surface area contributed by atoms with E-state index in [1.807, 2.05) is 6.07 Å². The van der Waals surface area contributed by atoms with Gasteiger partial charge in [0.05, 0.1) is 0 Å². The molecule has 0 heterocycles. The van der Waals surface area contributed by atoms with Gasteiger partial charge < -0.3 is 5.73 Å². The second-order valence-electron chi connectivity index (χ2n) is 2.11. The molecule has 3 heteroatoms. The first kappa shape index (κ1) is 10.8. The molecule has 0 fully saturated rings. The largest absolute Gasteiger partial charge is 0.327 e. The molecule has 0 aliphatic carbocycles. The summed E-state index contributed by atoms with van der Waals surface area (Å²) in [5, 5.41) is 0. The smallest absolute Gasteiger partial charge is 0.137 e. The Hall–Kier alpha value is -0.160. The molecule has 0 aliphatic rings. The van der Waals surface area contributed by atoms with Crippen molar-refractivity contribution >= 4 is 24.0 Å². The van der Waals surface area contributed by atoms with E-state index in [1.54, 1.807) is 24.3 Å². The molecule has 62 valence electrons. The highest BCUT2D eigenvalue weighted by Gasteiger charge is 2.03. The number of alkyl halides is 1. The summed E-state index contributed by atoms with van der Waals surface area (Å²) in [6, 6.07) is 8.93. The molecule has 1 rings (SSSR count). The number of nitrogens with two attached hydrogens (primary N) is 1. The molecule has 1 aromatic carbocycles. The number of hydrogen-bond donors (Lipinski definition) is 1. The second kappa shape index (κ2) is 5.49. The molecule has 0 aliphatic heterocycles. The summed E-state index contributed by atoms with van der Waals surface area (Å²) in [5.74, 6) is 0. The summed E-state index contributed by atoms with van der Waals surface area (Å²) in [6.45, 7) is 0.0595. The van der Waals surface area contributed by atoms with Gasteiger partial charge in [0.2, 0.25) is 0 Å². The molecule has 0 saturated carbocycles. The average Bonchev–Trinajstić information content (AvgIpc) is 2.05. The molecule has 0 radical (unpaired) electrons. The summed E-state index contributed by atoms with van der Waals surface area (Å²) in [5.41, 5.74) is 5.79. The van der Waals surface area contributed by atoms with Crippen molar-refractivity contribution in [2.24, 2.45) is 5.73 Å². The van der Waals surface area contributed by atoms with Gasteiger partial charge in [-0.15, -0.1) is 24.0 Å². The Labute approximate surface area is 82.8 Å². The maximum absolute atomic E-state index is 12.7. The Morgan fingerprint density at radius 3 is 2.27 bits per heavy atom. The zero-order valence-electron chi connectivity index (χ0n) is 6.03. The molecule has 1 nitrogen and oxygen atoms in total. The van der Waals surface area contributed by atoms with Crippen molar-refractivity contribution in [2.45, 2.75) is 6.17 Å². The minimum atomic E-state index is -1.01. The van der Waals surface area contributed by atoms with Gasteiger partial charge in [0.1, 0.15) is 6.17 Å². The van der Waals surface area contributed by atoms with E-state index in [0.29, 0.717) is 5.56 Å². The molecule has 0 bridgehead atoms. The van der Waals surface area contributed by atoms with Crippen LogP contribution in [0.4, 0.5) is 4.39 Å². The van der Waals surface area contributed by atoms with Gasteiger partial charge in [0, 0.05) is 6.54 Å². The third kappa shape index (κ3) is 3.16. The summed E-state index contributed by atoms with van der Waals surface area (Å²) in [6.07, 6.45) is -1.01. The van der Waals surface area contributed by atoms with E-state index < -0.39 is 6.17 Å². The Morgan fingerprint density at radius 2 is 1.82 bits per heavy atom. The van der Waals surface area contributed by atoms with Gasteiger partial charge in [-0.3, -0.25) is 0 Å². The van der Waals surface area contributed by atoms with E-state index in [2.05, 4.69) is 0 Å². The van der Waals surface area contributed by atoms with Crippen LogP contribution in [0.25, 0.3) is 0 Å². The lowest BCUT2D eigenvalue weighted by molar-refractivity contribution is 0.353. The molecule has 0 saturated heterocycles. The molecule has 0 spiro atoms. The predicted molar refractivity (Wildman–Crippen MR) is 54.8 cm³/mol. The first-order valence-corrected chi connectivity index (χ1v) is 3.23. The second-order valence-corrected chi connectivity index (χ2v) is 2.11. The third-order valence-electron chi connectivity index (χ3n) is 1.37. The van der Waals surface area contributed by atoms with Crippen LogP contribution in [0.1, 0.15) is 11.7 Å². The van der Waals surface area contributed by atoms with Gasteiger partial charge in [-0.1, -0.05) is 30.3 Å². The summed E-state index contributed by atoms with van der Waals surface area (Å²) < 4.78 is 12.7. The Bertz CT molecular complexity index is 191. The first-order valence-electron chi connectivity index (χ1n) is 3.23. The van der Waals surface area contributed by atoms with Crippen LogP contribution in [-0.2, 0) is 0 Å². The summed E-state index contributed by atoms with van der Waals surface area (Å²) in [4.78, 5) is 0. The van der Waals surface area contributed by atoms with Crippen molar-refractivity contribution in [2.75, 3.05) is 6.54 Å². The monoisotopic (exact) mass is 267 g/mol. The van der Waals surface area contributed by atoms with Gasteiger partial charge in [0.15, 0.2) is 0 Å². The lowest BCUT2D eigenvalue weighted by Gasteiger charge is -2.02. The molecular formula is C8H11FIN. The topological polar surface area (TPSA) is 26.0 Å². The molecule has 2 N–H and O–H groups in total. The molecule has 0 amide bonds. The lowest BCUT2D eigenvalue weighted by Crippen LogP contribution is -2.07. The van der Waals surface area contributed by atoms with E-state index in [-0.39, 0.29) is 30.5 Å². The number of rotatable bonds is 2. The quantitative estimate of drug-likeness (QED) is 0.817. The molecule has 1 aromatic rings. The highest BCUT2D eigenvalue weighted by Crippen LogP contribution is 2.13. The minimum absolute atomic E-state index is 0. The van der Waals surface area contributed by atoms with E-state index in [1.165, 1.54) is 0 Å². The Kier molecular flexibility index (Phi) is 5.41. The van der Waals surface area contributed by atoms with E-state index >= 15 is 0 Å². The number of hydrogen-bond acceptors (Lipinski definition) is 1. The van der Waals surface area contributed by atoms with Crippen LogP contribution in [0, 0.1) is 0 Å². The van der Waals surface area contributed by atoms with Gasteiger partial charge >= 0.3 is 0 Å². The highest BCUT2D eigenvalue weighted by atomic mass is 127. The minimum Gasteiger partial charge on any atom is -0.327 e. The third-order valence-corrected chi connectivity index (χ3v) is 1.37. The van der Waals surface area contributed by atoms with Gasteiger partial charge in [0.25, 0.3) is 0 Å². The summed E-state index contributed by atoms with van der Waals surface area (Å²) >= 11 is 0. The van der Waals surface area contributed by atoms with Crippen LogP contribution in [-0.4, -0.2) is 6.54 Å². The highest BCUT2D eigenvalue weighted by molar-refractivity contribution is 14.0. The fourth-order valence-electron chi connectivity index (χ4n) is 0.798. The zero-order chi connectivity index (χ0) is 7.40. The van der Waals surface area contributed by atoms with Crippen molar-refractivity contribution in [1.29, 1.82) is 0 Å². The van der Waals surface area contributed by atoms with Crippen LogP contribution >= 0.6 is 24.0 Å². The molecule has 1 atom stereocenters. The van der Waals surface area contributed by atoms with Crippen LogP contribution in [0.2, 0.25) is 0 Å². The predicted octanol–water partition coefficient (Wildman–Crippen LogP) is 2.27. The van der Waals surface area contributed by atoms with E-state index in [0.717, 1.165) is 0 Å². The van der Waals surface area contributed by atoms with Crippen LogP contribution in [0.15, 0.2) is 30.3 Å². The number of benzene rings is 1. The van der Waals surface area contributed by atoms with Crippen LogP contribution < -0.4 is 5.73 Å². The van der Waals surface area contributed by atoms with Crippen molar-refractivity contribution in [3.8, 4) is 0 Å². The van der Waals surface area contributed by atoms with Crippen molar-refractivity contribution < 1.29 is 4.39 Å². The Balaban J connectivity index is 0.000001000. The lowest BCUT2D eigenvalue weighted by atomic mass is 10.1. The normalized spacial score (nSPS) is 11.8. The SMILES string of the molecule is I.NCC(F)c1ccccc1. The zero-order valence-corrected chi connectivity index (χ0v) is 8.37. The standard InChI is InChI=1S/C8H10FN.HI/c9-8(6-10)7-4-2-1-3-5-7;/h1-5,8H,6,10H2;1H.